The van der Waals surface area contributed by atoms with Gasteiger partial charge in [0.05, 0.1) is 23.1 Å². The summed E-state index contributed by atoms with van der Waals surface area (Å²) >= 11 is 0. The van der Waals surface area contributed by atoms with Crippen molar-refractivity contribution in [3.63, 3.8) is 0 Å². The first-order valence-corrected chi connectivity index (χ1v) is 8.16. The number of nitrogens with zero attached hydrogens (tertiary/aromatic N) is 3. The normalized spacial score (nSPS) is 16.9. The smallest absolute Gasteiger partial charge is 0.363 e. The Bertz CT molecular complexity index is 1020. The molecule has 0 saturated carbocycles. The molecule has 0 radical (unpaired) electrons. The summed E-state index contributed by atoms with van der Waals surface area (Å²) in [6.45, 7) is 0. The molecule has 2 aromatic heterocycles. The number of hydrogen-bond acceptors (Lipinski definition) is 4. The zero-order valence-electron chi connectivity index (χ0n) is 13.6. The molecule has 8 heteroatoms. The van der Waals surface area contributed by atoms with E-state index in [0.29, 0.717) is 16.8 Å². The molecule has 1 aliphatic carbocycles. The van der Waals surface area contributed by atoms with Crippen LogP contribution in [0.3, 0.4) is 0 Å². The van der Waals surface area contributed by atoms with Gasteiger partial charge in [0.25, 0.3) is 0 Å². The molecule has 0 aliphatic heterocycles. The summed E-state index contributed by atoms with van der Waals surface area (Å²) in [6, 6.07) is 8.67. The third-order valence-corrected chi connectivity index (χ3v) is 4.67. The number of alkyl halides is 3. The van der Waals surface area contributed by atoms with Crippen LogP contribution in [0.5, 0.6) is 0 Å². The molecule has 0 amide bonds. The summed E-state index contributed by atoms with van der Waals surface area (Å²) in [5, 5.41) is 12.8. The van der Waals surface area contributed by atoms with Crippen molar-refractivity contribution in [2.45, 2.75) is 31.5 Å². The van der Waals surface area contributed by atoms with Gasteiger partial charge >= 0.3 is 6.18 Å². The Morgan fingerprint density at radius 1 is 1.27 bits per heavy atom. The van der Waals surface area contributed by atoms with Gasteiger partial charge in [0.15, 0.2) is 0 Å². The van der Waals surface area contributed by atoms with Crippen LogP contribution in [0.1, 0.15) is 41.3 Å². The van der Waals surface area contributed by atoms with Crippen LogP contribution in [0.15, 0.2) is 30.6 Å². The summed E-state index contributed by atoms with van der Waals surface area (Å²) < 4.78 is 38.9. The molecule has 3 aromatic rings. The number of anilines is 1. The Labute approximate surface area is 146 Å². The van der Waals surface area contributed by atoms with Crippen LogP contribution < -0.4 is 5.32 Å². The molecule has 4 rings (SSSR count). The monoisotopic (exact) mass is 357 g/mol. The topological polar surface area (TPSA) is 77.4 Å². The maximum Gasteiger partial charge on any atom is 0.431 e. The van der Waals surface area contributed by atoms with Crippen LogP contribution in [0.4, 0.5) is 19.0 Å². The van der Waals surface area contributed by atoms with E-state index < -0.39 is 11.9 Å². The first-order chi connectivity index (χ1) is 12.5. The fraction of sp³-hybridized carbons (Fsp3) is 0.278. The number of nitrogens with one attached hydrogen (secondary N) is 2. The second-order valence-corrected chi connectivity index (χ2v) is 6.24. The van der Waals surface area contributed by atoms with E-state index in [1.807, 2.05) is 12.1 Å². The van der Waals surface area contributed by atoms with Crippen LogP contribution in [0.2, 0.25) is 0 Å². The predicted molar refractivity (Wildman–Crippen MR) is 89.3 cm³/mol. The number of halogens is 3. The van der Waals surface area contributed by atoms with Gasteiger partial charge in [-0.25, -0.2) is 9.97 Å². The van der Waals surface area contributed by atoms with E-state index in [4.69, 9.17) is 0 Å². The van der Waals surface area contributed by atoms with Crippen molar-refractivity contribution in [1.82, 2.24) is 15.0 Å². The highest BCUT2D eigenvalue weighted by molar-refractivity contribution is 5.88. The lowest BCUT2D eigenvalue weighted by molar-refractivity contribution is -0.140. The molecule has 1 aliphatic rings. The van der Waals surface area contributed by atoms with Gasteiger partial charge in [0.1, 0.15) is 23.5 Å². The number of nitriles is 1. The number of rotatable bonds is 2. The second kappa shape index (κ2) is 6.02. The lowest BCUT2D eigenvalue weighted by Gasteiger charge is -2.27. The highest BCUT2D eigenvalue weighted by Crippen LogP contribution is 2.36. The molecule has 2 N–H and O–H groups in total. The largest absolute Gasteiger partial charge is 0.431 e. The SMILES string of the molecule is N#Cc1cccc2c1CCCC2Nc1ncnc2[nH]c(C(F)(F)F)cc12. The van der Waals surface area contributed by atoms with Crippen molar-refractivity contribution in [2.75, 3.05) is 5.32 Å². The highest BCUT2D eigenvalue weighted by Gasteiger charge is 2.33. The van der Waals surface area contributed by atoms with Crippen molar-refractivity contribution in [3.05, 3.63) is 53.0 Å². The fourth-order valence-corrected chi connectivity index (χ4v) is 3.48. The van der Waals surface area contributed by atoms with Gasteiger partial charge in [0, 0.05) is 0 Å². The van der Waals surface area contributed by atoms with Crippen LogP contribution in [-0.2, 0) is 12.6 Å². The Kier molecular flexibility index (Phi) is 3.80. The van der Waals surface area contributed by atoms with Crippen LogP contribution >= 0.6 is 0 Å². The Morgan fingerprint density at radius 2 is 2.12 bits per heavy atom. The van der Waals surface area contributed by atoms with Gasteiger partial charge in [-0.3, -0.25) is 0 Å². The quantitative estimate of drug-likeness (QED) is 0.715. The first-order valence-electron chi connectivity index (χ1n) is 8.16. The van der Waals surface area contributed by atoms with E-state index in [0.717, 1.165) is 36.5 Å². The molecule has 2 heterocycles. The van der Waals surface area contributed by atoms with E-state index in [2.05, 4.69) is 26.3 Å². The Morgan fingerprint density at radius 3 is 2.88 bits per heavy atom. The third-order valence-electron chi connectivity index (χ3n) is 4.67. The van der Waals surface area contributed by atoms with Gasteiger partial charge in [-0.15, -0.1) is 0 Å². The van der Waals surface area contributed by atoms with Gasteiger partial charge in [0.2, 0.25) is 0 Å². The number of fused-ring (bicyclic) bond motifs is 2. The van der Waals surface area contributed by atoms with Crippen molar-refractivity contribution in [1.29, 1.82) is 5.26 Å². The van der Waals surface area contributed by atoms with E-state index in [9.17, 15) is 18.4 Å². The van der Waals surface area contributed by atoms with E-state index in [1.54, 1.807) is 6.07 Å². The van der Waals surface area contributed by atoms with E-state index >= 15 is 0 Å². The standard InChI is InChI=1S/C18H14F3N5/c19-18(20,21)15-7-13-16(23-9-24-17(13)26-15)25-14-6-2-4-11-10(8-22)3-1-5-12(11)14/h1,3,5,7,9,14H,2,4,6H2,(H2,23,24,25,26). The fourth-order valence-electron chi connectivity index (χ4n) is 3.48. The Hall–Kier alpha value is -3.08. The van der Waals surface area contributed by atoms with Crippen LogP contribution in [0, 0.1) is 11.3 Å². The summed E-state index contributed by atoms with van der Waals surface area (Å²) in [5.41, 5.74) is 1.91. The second-order valence-electron chi connectivity index (χ2n) is 6.24. The third kappa shape index (κ3) is 2.75. The zero-order chi connectivity index (χ0) is 18.3. The minimum Gasteiger partial charge on any atom is -0.363 e. The molecule has 0 bridgehead atoms. The van der Waals surface area contributed by atoms with Gasteiger partial charge < -0.3 is 10.3 Å². The van der Waals surface area contributed by atoms with Crippen molar-refractivity contribution < 1.29 is 13.2 Å². The van der Waals surface area contributed by atoms with Gasteiger partial charge in [-0.05, 0) is 42.5 Å². The van der Waals surface area contributed by atoms with Crippen LogP contribution in [0.25, 0.3) is 11.0 Å². The molecule has 0 saturated heterocycles. The molecule has 1 aromatic carbocycles. The average molecular weight is 357 g/mol. The zero-order valence-corrected chi connectivity index (χ0v) is 13.6. The minimum absolute atomic E-state index is 0.116. The lowest BCUT2D eigenvalue weighted by atomic mass is 9.85. The van der Waals surface area contributed by atoms with Crippen molar-refractivity contribution in [3.8, 4) is 6.07 Å². The molecule has 1 atom stereocenters. The molecule has 132 valence electrons. The molecule has 1 unspecified atom stereocenters. The number of H-pyrrole nitrogens is 1. The summed E-state index contributed by atoms with van der Waals surface area (Å²) in [4.78, 5) is 10.3. The molecular weight excluding hydrogens is 343 g/mol. The first kappa shape index (κ1) is 16.4. The van der Waals surface area contributed by atoms with Crippen molar-refractivity contribution in [2.24, 2.45) is 0 Å². The average Bonchev–Trinajstić information content (AvgIpc) is 3.07. The number of hydrogen-bond donors (Lipinski definition) is 2. The molecular formula is C18H14F3N5. The molecule has 0 fully saturated rings. The number of aromatic amines is 1. The molecule has 26 heavy (non-hydrogen) atoms. The summed E-state index contributed by atoms with van der Waals surface area (Å²) in [7, 11) is 0. The van der Waals surface area contributed by atoms with Gasteiger partial charge in [-0.2, -0.15) is 18.4 Å². The Balaban J connectivity index is 1.74. The maximum absolute atomic E-state index is 13.0. The predicted octanol–water partition coefficient (Wildman–Crippen LogP) is 4.34. The maximum atomic E-state index is 13.0. The lowest BCUT2D eigenvalue weighted by Crippen LogP contribution is -2.19. The summed E-state index contributed by atoms with van der Waals surface area (Å²) in [5.74, 6) is 0.349. The highest BCUT2D eigenvalue weighted by atomic mass is 19.4. The van der Waals surface area contributed by atoms with Gasteiger partial charge in [-0.1, -0.05) is 12.1 Å². The number of aromatic nitrogens is 3. The number of benzene rings is 1. The van der Waals surface area contributed by atoms with Crippen LogP contribution in [-0.4, -0.2) is 15.0 Å². The van der Waals surface area contributed by atoms with E-state index in [1.165, 1.54) is 6.33 Å². The molecule has 5 nitrogen and oxygen atoms in total. The minimum atomic E-state index is -4.48. The molecule has 0 spiro atoms. The van der Waals surface area contributed by atoms with Crippen molar-refractivity contribution >= 4 is 16.9 Å². The summed E-state index contributed by atoms with van der Waals surface area (Å²) in [6.07, 6.45) is -0.727. The van der Waals surface area contributed by atoms with E-state index in [-0.39, 0.29) is 11.7 Å².